The van der Waals surface area contributed by atoms with Crippen LogP contribution in [0.1, 0.15) is 0 Å². The van der Waals surface area contributed by atoms with Crippen LogP contribution in [0.5, 0.6) is 0 Å². The van der Waals surface area contributed by atoms with Gasteiger partial charge in [0.2, 0.25) is 0 Å². The SMILES string of the molecule is C=C(OCCOCCOCCOCCOC)OC(=C)OCCOCCOCCOCCOC. The van der Waals surface area contributed by atoms with Crippen molar-refractivity contribution in [3.05, 3.63) is 25.0 Å². The third-order valence-corrected chi connectivity index (χ3v) is 3.56. The van der Waals surface area contributed by atoms with Gasteiger partial charge in [-0.15, -0.1) is 0 Å². The van der Waals surface area contributed by atoms with Gasteiger partial charge in [0.1, 0.15) is 13.2 Å². The van der Waals surface area contributed by atoms with Crippen LogP contribution in [0.25, 0.3) is 0 Å². The zero-order valence-electron chi connectivity index (χ0n) is 20.2. The lowest BCUT2D eigenvalue weighted by molar-refractivity contribution is -0.0402. The molecule has 0 aromatic heterocycles. The molecule has 0 atom stereocenters. The monoisotopic (exact) mass is 482 g/mol. The Labute approximate surface area is 197 Å². The van der Waals surface area contributed by atoms with Gasteiger partial charge in [-0.2, -0.15) is 0 Å². The number of rotatable bonds is 28. The van der Waals surface area contributed by atoms with Crippen molar-refractivity contribution in [3.8, 4) is 0 Å². The first-order chi connectivity index (χ1) is 16.2. The summed E-state index contributed by atoms with van der Waals surface area (Å²) in [5.41, 5.74) is 0. The molecule has 33 heavy (non-hydrogen) atoms. The third-order valence-electron chi connectivity index (χ3n) is 3.56. The molecule has 0 aliphatic carbocycles. The number of hydrogen-bond donors (Lipinski definition) is 0. The Morgan fingerprint density at radius 3 is 0.909 bits per heavy atom. The maximum absolute atomic E-state index is 5.38. The van der Waals surface area contributed by atoms with Gasteiger partial charge in [0, 0.05) is 14.2 Å². The average Bonchev–Trinajstić information content (AvgIpc) is 2.80. The molecule has 196 valence electrons. The Balaban J connectivity index is 3.30. The molecule has 0 saturated carbocycles. The van der Waals surface area contributed by atoms with Crippen molar-refractivity contribution < 1.29 is 52.1 Å². The van der Waals surface area contributed by atoms with Gasteiger partial charge in [-0.3, -0.25) is 0 Å². The van der Waals surface area contributed by atoms with Crippen molar-refractivity contribution in [3.63, 3.8) is 0 Å². The van der Waals surface area contributed by atoms with E-state index in [1.165, 1.54) is 0 Å². The molecule has 11 heteroatoms. The fourth-order valence-electron chi connectivity index (χ4n) is 1.98. The average molecular weight is 483 g/mol. The van der Waals surface area contributed by atoms with Crippen LogP contribution in [0.2, 0.25) is 0 Å². The molecule has 0 aromatic carbocycles. The molecular weight excluding hydrogens is 440 g/mol. The normalized spacial score (nSPS) is 10.8. The summed E-state index contributed by atoms with van der Waals surface area (Å²) >= 11 is 0. The standard InChI is InChI=1S/C22H42O11/c1-21(31-19-17-29-15-13-27-11-9-25-7-5-23-3)33-22(2)32-20-18-30-16-14-28-12-10-26-8-6-24-4/h1-2,5-20H2,3-4H3. The van der Waals surface area contributed by atoms with Crippen molar-refractivity contribution in [2.24, 2.45) is 0 Å². The molecule has 0 unspecified atom stereocenters. The van der Waals surface area contributed by atoms with Crippen LogP contribution in [0.15, 0.2) is 25.0 Å². The lowest BCUT2D eigenvalue weighted by Crippen LogP contribution is -2.13. The maximum atomic E-state index is 5.38. The van der Waals surface area contributed by atoms with E-state index in [9.17, 15) is 0 Å². The molecule has 0 saturated heterocycles. The van der Waals surface area contributed by atoms with E-state index in [0.29, 0.717) is 92.5 Å². The first-order valence-electron chi connectivity index (χ1n) is 11.0. The second-order valence-electron chi connectivity index (χ2n) is 6.20. The van der Waals surface area contributed by atoms with Crippen molar-refractivity contribution >= 4 is 0 Å². The summed E-state index contributed by atoms with van der Waals surface area (Å²) in [7, 11) is 3.27. The summed E-state index contributed by atoms with van der Waals surface area (Å²) in [6.07, 6.45) is 0. The van der Waals surface area contributed by atoms with E-state index in [-0.39, 0.29) is 25.1 Å². The zero-order chi connectivity index (χ0) is 24.2. The Hall–Kier alpha value is -1.44. The fourth-order valence-corrected chi connectivity index (χ4v) is 1.98. The van der Waals surface area contributed by atoms with E-state index in [4.69, 9.17) is 52.1 Å². The lowest BCUT2D eigenvalue weighted by atomic mass is 10.7. The Bertz CT molecular complexity index is 397. The van der Waals surface area contributed by atoms with Gasteiger partial charge in [0.15, 0.2) is 0 Å². The Kier molecular flexibility index (Phi) is 25.6. The van der Waals surface area contributed by atoms with Crippen molar-refractivity contribution in [1.29, 1.82) is 0 Å². The molecule has 0 rings (SSSR count). The molecule has 0 heterocycles. The van der Waals surface area contributed by atoms with Crippen LogP contribution in [-0.2, 0) is 52.1 Å². The van der Waals surface area contributed by atoms with Crippen molar-refractivity contribution in [1.82, 2.24) is 0 Å². The highest BCUT2D eigenvalue weighted by Crippen LogP contribution is 2.05. The molecular formula is C22H42O11. The molecule has 11 nitrogen and oxygen atoms in total. The van der Waals surface area contributed by atoms with Crippen LogP contribution < -0.4 is 0 Å². The van der Waals surface area contributed by atoms with Gasteiger partial charge < -0.3 is 52.1 Å². The predicted molar refractivity (Wildman–Crippen MR) is 120 cm³/mol. The maximum Gasteiger partial charge on any atom is 0.279 e. The van der Waals surface area contributed by atoms with E-state index in [1.54, 1.807) is 14.2 Å². The minimum Gasteiger partial charge on any atom is -0.463 e. The molecule has 0 aromatic rings. The molecule has 0 aliphatic heterocycles. The topological polar surface area (TPSA) is 102 Å². The van der Waals surface area contributed by atoms with Gasteiger partial charge in [0.25, 0.3) is 11.9 Å². The summed E-state index contributed by atoms with van der Waals surface area (Å²) < 4.78 is 57.6. The van der Waals surface area contributed by atoms with E-state index < -0.39 is 0 Å². The Morgan fingerprint density at radius 1 is 0.394 bits per heavy atom. The zero-order valence-corrected chi connectivity index (χ0v) is 20.2. The summed E-state index contributed by atoms with van der Waals surface area (Å²) in [6.45, 7) is 14.8. The van der Waals surface area contributed by atoms with Crippen LogP contribution >= 0.6 is 0 Å². The Morgan fingerprint density at radius 2 is 0.636 bits per heavy atom. The summed E-state index contributed by atoms with van der Waals surface area (Å²) in [5, 5.41) is 0. The second kappa shape index (κ2) is 26.8. The van der Waals surface area contributed by atoms with Crippen LogP contribution in [0, 0.1) is 0 Å². The molecule has 0 radical (unpaired) electrons. The molecule has 0 N–H and O–H groups in total. The number of ether oxygens (including phenoxy) is 11. The van der Waals surface area contributed by atoms with E-state index >= 15 is 0 Å². The van der Waals surface area contributed by atoms with Gasteiger partial charge in [0.05, 0.1) is 92.5 Å². The molecule has 0 aliphatic rings. The minimum atomic E-state index is 0.0788. The van der Waals surface area contributed by atoms with E-state index in [0.717, 1.165) is 0 Å². The smallest absolute Gasteiger partial charge is 0.279 e. The van der Waals surface area contributed by atoms with Crippen LogP contribution in [0.4, 0.5) is 0 Å². The largest absolute Gasteiger partial charge is 0.463 e. The predicted octanol–water partition coefficient (Wildman–Crippen LogP) is 1.37. The first-order valence-corrected chi connectivity index (χ1v) is 11.0. The molecule has 0 amide bonds. The molecule has 0 bridgehead atoms. The van der Waals surface area contributed by atoms with Crippen LogP contribution in [0.3, 0.4) is 0 Å². The highest BCUT2D eigenvalue weighted by molar-refractivity contribution is 4.79. The van der Waals surface area contributed by atoms with Crippen molar-refractivity contribution in [2.45, 2.75) is 0 Å². The van der Waals surface area contributed by atoms with E-state index in [1.807, 2.05) is 0 Å². The van der Waals surface area contributed by atoms with Gasteiger partial charge in [-0.05, 0) is 13.2 Å². The minimum absolute atomic E-state index is 0.0788. The van der Waals surface area contributed by atoms with Crippen molar-refractivity contribution in [2.75, 3.05) is 120 Å². The lowest BCUT2D eigenvalue weighted by Gasteiger charge is -2.13. The fraction of sp³-hybridized carbons (Fsp3) is 0.818. The van der Waals surface area contributed by atoms with Gasteiger partial charge in [-0.1, -0.05) is 0 Å². The molecule has 0 fully saturated rings. The number of hydrogen-bond acceptors (Lipinski definition) is 11. The van der Waals surface area contributed by atoms with Gasteiger partial charge >= 0.3 is 0 Å². The highest BCUT2D eigenvalue weighted by atomic mass is 16.7. The van der Waals surface area contributed by atoms with E-state index in [2.05, 4.69) is 13.2 Å². The number of methoxy groups -OCH3 is 2. The third kappa shape index (κ3) is 26.7. The van der Waals surface area contributed by atoms with Crippen LogP contribution in [-0.4, -0.2) is 120 Å². The quantitative estimate of drug-likeness (QED) is 0.119. The second-order valence-corrected chi connectivity index (χ2v) is 6.20. The summed E-state index contributed by atoms with van der Waals surface area (Å²) in [4.78, 5) is 0. The summed E-state index contributed by atoms with van der Waals surface area (Å²) in [6, 6.07) is 0. The summed E-state index contributed by atoms with van der Waals surface area (Å²) in [5.74, 6) is 0.158. The molecule has 0 spiro atoms. The highest BCUT2D eigenvalue weighted by Gasteiger charge is 2.02. The first kappa shape index (κ1) is 31.6. The van der Waals surface area contributed by atoms with Gasteiger partial charge in [-0.25, -0.2) is 0 Å².